The van der Waals surface area contributed by atoms with Gasteiger partial charge in [-0.1, -0.05) is 34.8 Å². The smallest absolute Gasteiger partial charge is 0.208 e. The average molecular weight is 261 g/mol. The number of carbonyl (C=O) groups is 1. The normalized spacial score (nSPS) is 24.6. The molecule has 1 unspecified atom stereocenters. The molecule has 14 heavy (non-hydrogen) atoms. The molecule has 0 bridgehead atoms. The molecule has 82 valence electrons. The summed E-state index contributed by atoms with van der Waals surface area (Å²) in [6.45, 7) is 2.56. The van der Waals surface area contributed by atoms with Gasteiger partial charge in [-0.25, -0.2) is 0 Å². The van der Waals surface area contributed by atoms with Gasteiger partial charge in [-0.05, 0) is 0 Å². The van der Waals surface area contributed by atoms with E-state index in [-0.39, 0.29) is 6.17 Å². The zero-order valence-electron chi connectivity index (χ0n) is 7.47. The van der Waals surface area contributed by atoms with Crippen LogP contribution in [0.5, 0.6) is 0 Å². The van der Waals surface area contributed by atoms with E-state index in [1.807, 2.05) is 4.90 Å². The molecule has 0 aliphatic carbocycles. The van der Waals surface area contributed by atoms with Gasteiger partial charge in [0.15, 0.2) is 0 Å². The highest BCUT2D eigenvalue weighted by atomic mass is 35.6. The summed E-state index contributed by atoms with van der Waals surface area (Å²) in [6.07, 6.45) is 0.556. The van der Waals surface area contributed by atoms with E-state index in [0.29, 0.717) is 19.5 Å². The molecule has 1 heterocycles. The van der Waals surface area contributed by atoms with Crippen molar-refractivity contribution >= 4 is 41.2 Å². The van der Waals surface area contributed by atoms with Gasteiger partial charge in [-0.2, -0.15) is 0 Å². The van der Waals surface area contributed by atoms with Gasteiger partial charge >= 0.3 is 0 Å². The first-order valence-electron chi connectivity index (χ1n) is 4.24. The van der Waals surface area contributed by atoms with Crippen molar-refractivity contribution in [1.29, 1.82) is 0 Å². The number of piperazine rings is 1. The van der Waals surface area contributed by atoms with Crippen LogP contribution in [-0.4, -0.2) is 47.4 Å². The Bertz CT molecular complexity index is 197. The third-order valence-electron chi connectivity index (χ3n) is 2.00. The van der Waals surface area contributed by atoms with Crippen molar-refractivity contribution in [3.8, 4) is 0 Å². The number of alkyl halides is 3. The Labute approximate surface area is 97.9 Å². The largest absolute Gasteiger partial charge is 0.342 e. The summed E-state index contributed by atoms with van der Waals surface area (Å²) in [5.41, 5.74) is 0. The van der Waals surface area contributed by atoms with Crippen LogP contribution in [0.25, 0.3) is 0 Å². The average Bonchev–Trinajstić information content (AvgIpc) is 2.06. The Kier molecular flexibility index (Phi) is 4.73. The van der Waals surface area contributed by atoms with E-state index in [2.05, 4.69) is 10.6 Å². The number of nitrogens with zero attached hydrogens (tertiary/aromatic N) is 1. The number of halogens is 3. The second-order valence-electron chi connectivity index (χ2n) is 3.09. The van der Waals surface area contributed by atoms with Crippen molar-refractivity contribution in [3.05, 3.63) is 0 Å². The summed E-state index contributed by atoms with van der Waals surface area (Å²) in [5.74, 6) is 0. The fourth-order valence-corrected chi connectivity index (χ4v) is 1.87. The Hall–Kier alpha value is 0.260. The molecular weight excluding hydrogens is 248 g/mol. The van der Waals surface area contributed by atoms with Gasteiger partial charge in [-0.3, -0.25) is 9.69 Å². The lowest BCUT2D eigenvalue weighted by atomic mass is 10.3. The van der Waals surface area contributed by atoms with Gasteiger partial charge < -0.3 is 10.6 Å². The third kappa shape index (κ3) is 4.19. The van der Waals surface area contributed by atoms with Crippen LogP contribution in [-0.2, 0) is 4.79 Å². The van der Waals surface area contributed by atoms with Crippen LogP contribution >= 0.6 is 34.8 Å². The monoisotopic (exact) mass is 259 g/mol. The van der Waals surface area contributed by atoms with Crippen molar-refractivity contribution in [3.63, 3.8) is 0 Å². The van der Waals surface area contributed by atoms with Crippen LogP contribution < -0.4 is 10.6 Å². The molecular formula is C7H12Cl3N3O. The molecule has 0 radical (unpaired) electrons. The van der Waals surface area contributed by atoms with Crippen LogP contribution in [0.4, 0.5) is 0 Å². The van der Waals surface area contributed by atoms with E-state index in [1.165, 1.54) is 0 Å². The number of hydrogen-bond donors (Lipinski definition) is 2. The van der Waals surface area contributed by atoms with Gasteiger partial charge in [0.05, 0.1) is 6.17 Å². The summed E-state index contributed by atoms with van der Waals surface area (Å²) in [7, 11) is 0. The van der Waals surface area contributed by atoms with Crippen molar-refractivity contribution in [2.45, 2.75) is 9.96 Å². The predicted octanol–water partition coefficient (Wildman–Crippen LogP) is 0.334. The predicted molar refractivity (Wildman–Crippen MR) is 57.7 cm³/mol. The minimum atomic E-state index is -1.31. The Balaban J connectivity index is 2.49. The van der Waals surface area contributed by atoms with Crippen LogP contribution in [0.15, 0.2) is 0 Å². The number of amides is 1. The summed E-state index contributed by atoms with van der Waals surface area (Å²) in [6, 6.07) is 0. The zero-order valence-corrected chi connectivity index (χ0v) is 9.74. The number of nitrogens with one attached hydrogen (secondary N) is 2. The van der Waals surface area contributed by atoms with Gasteiger partial charge in [0.2, 0.25) is 10.2 Å². The minimum absolute atomic E-state index is 0.100. The van der Waals surface area contributed by atoms with E-state index in [1.54, 1.807) is 0 Å². The topological polar surface area (TPSA) is 44.4 Å². The SMILES string of the molecule is O=CNC1CNCCN1CC(Cl)(Cl)Cl. The molecule has 1 rings (SSSR count). The van der Waals surface area contributed by atoms with E-state index in [4.69, 9.17) is 34.8 Å². The second-order valence-corrected chi connectivity index (χ2v) is 5.61. The highest BCUT2D eigenvalue weighted by molar-refractivity contribution is 6.67. The molecule has 1 fully saturated rings. The molecule has 0 spiro atoms. The van der Waals surface area contributed by atoms with Gasteiger partial charge in [0.25, 0.3) is 0 Å². The maximum Gasteiger partial charge on any atom is 0.208 e. The quantitative estimate of drug-likeness (QED) is 0.568. The lowest BCUT2D eigenvalue weighted by Gasteiger charge is -2.37. The molecule has 1 aliphatic rings. The first-order valence-corrected chi connectivity index (χ1v) is 5.37. The van der Waals surface area contributed by atoms with Crippen LogP contribution in [0, 0.1) is 0 Å². The lowest BCUT2D eigenvalue weighted by Crippen LogP contribution is -2.59. The molecule has 0 aromatic heterocycles. The van der Waals surface area contributed by atoms with Crippen LogP contribution in [0.3, 0.4) is 0 Å². The van der Waals surface area contributed by atoms with Crippen molar-refractivity contribution < 1.29 is 4.79 Å². The molecule has 0 saturated carbocycles. The first-order chi connectivity index (χ1) is 6.53. The lowest BCUT2D eigenvalue weighted by molar-refractivity contribution is -0.111. The molecule has 1 aliphatic heterocycles. The van der Waals surface area contributed by atoms with E-state index >= 15 is 0 Å². The molecule has 1 amide bonds. The minimum Gasteiger partial charge on any atom is -0.342 e. The molecule has 0 aromatic rings. The summed E-state index contributed by atoms with van der Waals surface area (Å²) in [5, 5.41) is 5.81. The van der Waals surface area contributed by atoms with Gasteiger partial charge in [0, 0.05) is 26.2 Å². The summed E-state index contributed by atoms with van der Waals surface area (Å²) < 4.78 is -1.31. The van der Waals surface area contributed by atoms with Crippen molar-refractivity contribution in [2.24, 2.45) is 0 Å². The van der Waals surface area contributed by atoms with Crippen molar-refractivity contribution in [1.82, 2.24) is 15.5 Å². The van der Waals surface area contributed by atoms with Gasteiger partial charge in [-0.15, -0.1) is 0 Å². The Morgan fingerprint density at radius 1 is 1.57 bits per heavy atom. The Morgan fingerprint density at radius 2 is 2.29 bits per heavy atom. The number of rotatable bonds is 3. The highest BCUT2D eigenvalue weighted by Gasteiger charge is 2.29. The fraction of sp³-hybridized carbons (Fsp3) is 0.857. The maximum atomic E-state index is 10.3. The van der Waals surface area contributed by atoms with E-state index in [9.17, 15) is 4.79 Å². The molecule has 1 saturated heterocycles. The summed E-state index contributed by atoms with van der Waals surface area (Å²) in [4.78, 5) is 12.2. The third-order valence-corrected chi connectivity index (χ3v) is 2.36. The highest BCUT2D eigenvalue weighted by Crippen LogP contribution is 2.27. The molecule has 4 nitrogen and oxygen atoms in total. The van der Waals surface area contributed by atoms with Crippen molar-refractivity contribution in [2.75, 3.05) is 26.2 Å². The zero-order chi connectivity index (χ0) is 10.6. The summed E-state index contributed by atoms with van der Waals surface area (Å²) >= 11 is 17.1. The van der Waals surface area contributed by atoms with E-state index in [0.717, 1.165) is 13.1 Å². The van der Waals surface area contributed by atoms with Crippen LogP contribution in [0.1, 0.15) is 0 Å². The van der Waals surface area contributed by atoms with Crippen LogP contribution in [0.2, 0.25) is 0 Å². The van der Waals surface area contributed by atoms with E-state index < -0.39 is 3.79 Å². The first kappa shape index (κ1) is 12.3. The number of hydrogen-bond acceptors (Lipinski definition) is 3. The van der Waals surface area contributed by atoms with Gasteiger partial charge in [0.1, 0.15) is 0 Å². The Morgan fingerprint density at radius 3 is 2.86 bits per heavy atom. The molecule has 0 aromatic carbocycles. The molecule has 1 atom stereocenters. The second kappa shape index (κ2) is 5.37. The number of carbonyl (C=O) groups excluding carboxylic acids is 1. The maximum absolute atomic E-state index is 10.3. The molecule has 7 heteroatoms. The standard InChI is InChI=1S/C7H12Cl3N3O/c8-7(9,10)4-13-2-1-11-3-6(13)12-5-14/h5-6,11H,1-4H2,(H,12,14). The molecule has 2 N–H and O–H groups in total. The fourth-order valence-electron chi connectivity index (χ4n) is 1.41.